The number of hydrogen-bond acceptors (Lipinski definition) is 1. The van der Waals surface area contributed by atoms with Gasteiger partial charge in [0.1, 0.15) is 0 Å². The minimum Gasteiger partial charge on any atom is -0.396 e. The van der Waals surface area contributed by atoms with E-state index in [1.165, 1.54) is 13.0 Å². The van der Waals surface area contributed by atoms with E-state index in [1.807, 2.05) is 0 Å². The van der Waals surface area contributed by atoms with Crippen molar-refractivity contribution in [3.63, 3.8) is 0 Å². The van der Waals surface area contributed by atoms with Gasteiger partial charge in [0.25, 0.3) is 0 Å². The zero-order valence-corrected chi connectivity index (χ0v) is 6.77. The molecule has 0 atom stereocenters. The summed E-state index contributed by atoms with van der Waals surface area (Å²) in [5, 5.41) is 8.55. The second-order valence-electron chi connectivity index (χ2n) is 2.68. The lowest BCUT2D eigenvalue weighted by Gasteiger charge is -2.02. The fraction of sp³-hybridized carbons (Fsp3) is 0.333. The molecule has 0 radical (unpaired) electrons. The van der Waals surface area contributed by atoms with Crippen molar-refractivity contribution in [1.82, 2.24) is 0 Å². The average molecular weight is 172 g/mol. The van der Waals surface area contributed by atoms with E-state index in [0.717, 1.165) is 6.07 Å². The Hall–Kier alpha value is -0.960. The van der Waals surface area contributed by atoms with Crippen molar-refractivity contribution in [1.29, 1.82) is 0 Å². The van der Waals surface area contributed by atoms with Gasteiger partial charge in [-0.05, 0) is 30.5 Å². The number of aliphatic hydroxyl groups is 1. The first-order valence-corrected chi connectivity index (χ1v) is 3.70. The molecule has 3 heteroatoms. The molecule has 0 aromatic heterocycles. The molecule has 0 saturated carbocycles. The van der Waals surface area contributed by atoms with Crippen LogP contribution in [0.4, 0.5) is 8.78 Å². The monoisotopic (exact) mass is 172 g/mol. The van der Waals surface area contributed by atoms with Crippen LogP contribution in [-0.4, -0.2) is 11.7 Å². The number of halogens is 2. The molecular formula is C9H10F2O. The molecule has 0 aliphatic carbocycles. The molecule has 0 aliphatic rings. The van der Waals surface area contributed by atoms with Crippen molar-refractivity contribution in [2.45, 2.75) is 13.3 Å². The molecule has 0 bridgehead atoms. The fourth-order valence-corrected chi connectivity index (χ4v) is 1.07. The first kappa shape index (κ1) is 9.13. The Labute approximate surface area is 69.7 Å². The van der Waals surface area contributed by atoms with Crippen molar-refractivity contribution in [2.24, 2.45) is 0 Å². The van der Waals surface area contributed by atoms with Gasteiger partial charge in [0.15, 0.2) is 11.6 Å². The number of aliphatic hydroxyl groups excluding tert-OH is 1. The maximum absolute atomic E-state index is 12.7. The summed E-state index contributed by atoms with van der Waals surface area (Å²) in [4.78, 5) is 0. The molecule has 1 nitrogen and oxygen atoms in total. The van der Waals surface area contributed by atoms with E-state index in [1.54, 1.807) is 0 Å². The highest BCUT2D eigenvalue weighted by Crippen LogP contribution is 2.14. The Kier molecular flexibility index (Phi) is 2.76. The van der Waals surface area contributed by atoms with Gasteiger partial charge in [-0.25, -0.2) is 8.78 Å². The van der Waals surface area contributed by atoms with Gasteiger partial charge in [-0.2, -0.15) is 0 Å². The second kappa shape index (κ2) is 3.63. The Balaban J connectivity index is 3.04. The molecule has 66 valence electrons. The summed E-state index contributed by atoms with van der Waals surface area (Å²) in [5.74, 6) is -1.66. The van der Waals surface area contributed by atoms with Crippen molar-refractivity contribution in [2.75, 3.05) is 6.61 Å². The van der Waals surface area contributed by atoms with E-state index < -0.39 is 11.6 Å². The lowest BCUT2D eigenvalue weighted by molar-refractivity contribution is 0.299. The van der Waals surface area contributed by atoms with Crippen LogP contribution in [-0.2, 0) is 6.42 Å². The van der Waals surface area contributed by atoms with Crippen LogP contribution in [0.1, 0.15) is 11.1 Å². The van der Waals surface area contributed by atoms with Gasteiger partial charge in [0.2, 0.25) is 0 Å². The number of benzene rings is 1. The zero-order chi connectivity index (χ0) is 9.14. The smallest absolute Gasteiger partial charge is 0.161 e. The molecule has 0 aliphatic heterocycles. The molecule has 1 N–H and O–H groups in total. The van der Waals surface area contributed by atoms with Gasteiger partial charge in [0, 0.05) is 6.61 Å². The van der Waals surface area contributed by atoms with Crippen LogP contribution >= 0.6 is 0 Å². The van der Waals surface area contributed by atoms with Crippen LogP contribution in [0.2, 0.25) is 0 Å². The molecule has 0 unspecified atom stereocenters. The Morgan fingerprint density at radius 1 is 1.33 bits per heavy atom. The standard InChI is InChI=1S/C9H10F2O/c1-6-4-7(2-3-12)5-8(10)9(6)11/h4-5,12H,2-3H2,1H3. The number of rotatable bonds is 2. The van der Waals surface area contributed by atoms with E-state index in [-0.39, 0.29) is 12.2 Å². The van der Waals surface area contributed by atoms with Gasteiger partial charge in [-0.1, -0.05) is 6.07 Å². The molecule has 0 saturated heterocycles. The minimum atomic E-state index is -0.849. The third-order valence-corrected chi connectivity index (χ3v) is 1.67. The van der Waals surface area contributed by atoms with Gasteiger partial charge < -0.3 is 5.11 Å². The predicted molar refractivity (Wildman–Crippen MR) is 41.9 cm³/mol. The Bertz CT molecular complexity index is 261. The predicted octanol–water partition coefficient (Wildman–Crippen LogP) is 1.81. The second-order valence-corrected chi connectivity index (χ2v) is 2.68. The van der Waals surface area contributed by atoms with E-state index >= 15 is 0 Å². The average Bonchev–Trinajstić information content (AvgIpc) is 2.01. The van der Waals surface area contributed by atoms with E-state index in [9.17, 15) is 8.78 Å². The summed E-state index contributed by atoms with van der Waals surface area (Å²) in [7, 11) is 0. The summed E-state index contributed by atoms with van der Waals surface area (Å²) in [6, 6.07) is 2.65. The third-order valence-electron chi connectivity index (χ3n) is 1.67. The number of hydrogen-bond donors (Lipinski definition) is 1. The van der Waals surface area contributed by atoms with Gasteiger partial charge in [-0.15, -0.1) is 0 Å². The molecule has 0 amide bonds. The lowest BCUT2D eigenvalue weighted by Crippen LogP contribution is -1.96. The quantitative estimate of drug-likeness (QED) is 0.721. The minimum absolute atomic E-state index is 0.0511. The molecule has 1 aromatic carbocycles. The first-order chi connectivity index (χ1) is 5.65. The highest BCUT2D eigenvalue weighted by molar-refractivity contribution is 5.25. The molecule has 1 rings (SSSR count). The van der Waals surface area contributed by atoms with Gasteiger partial charge in [0.05, 0.1) is 0 Å². The van der Waals surface area contributed by atoms with Gasteiger partial charge in [-0.3, -0.25) is 0 Å². The molecular weight excluding hydrogens is 162 g/mol. The van der Waals surface area contributed by atoms with E-state index in [2.05, 4.69) is 0 Å². The van der Waals surface area contributed by atoms with Crippen LogP contribution in [0, 0.1) is 18.6 Å². The van der Waals surface area contributed by atoms with Crippen molar-refractivity contribution in [3.05, 3.63) is 34.9 Å². The largest absolute Gasteiger partial charge is 0.396 e. The highest BCUT2D eigenvalue weighted by Gasteiger charge is 2.06. The molecule has 1 aromatic rings. The topological polar surface area (TPSA) is 20.2 Å². The van der Waals surface area contributed by atoms with E-state index in [4.69, 9.17) is 5.11 Å². The summed E-state index contributed by atoms with van der Waals surface area (Å²) in [6.07, 6.45) is 0.359. The summed E-state index contributed by atoms with van der Waals surface area (Å²) >= 11 is 0. The van der Waals surface area contributed by atoms with Crippen LogP contribution in [0.25, 0.3) is 0 Å². The maximum Gasteiger partial charge on any atom is 0.161 e. The third kappa shape index (κ3) is 1.80. The SMILES string of the molecule is Cc1cc(CCO)cc(F)c1F. The van der Waals surface area contributed by atoms with E-state index in [0.29, 0.717) is 12.0 Å². The first-order valence-electron chi connectivity index (χ1n) is 3.70. The Morgan fingerprint density at radius 2 is 2.00 bits per heavy atom. The van der Waals surface area contributed by atoms with Crippen molar-refractivity contribution in [3.8, 4) is 0 Å². The summed E-state index contributed by atoms with van der Waals surface area (Å²) in [5.41, 5.74) is 0.896. The molecule has 12 heavy (non-hydrogen) atoms. The van der Waals surface area contributed by atoms with Crippen LogP contribution in [0.5, 0.6) is 0 Å². The number of aryl methyl sites for hydroxylation is 1. The lowest BCUT2D eigenvalue weighted by atomic mass is 10.1. The van der Waals surface area contributed by atoms with Crippen molar-refractivity contribution >= 4 is 0 Å². The van der Waals surface area contributed by atoms with Gasteiger partial charge >= 0.3 is 0 Å². The Morgan fingerprint density at radius 3 is 2.50 bits per heavy atom. The molecule has 0 heterocycles. The molecule has 0 fully saturated rings. The highest BCUT2D eigenvalue weighted by atomic mass is 19.2. The maximum atomic E-state index is 12.7. The van der Waals surface area contributed by atoms with Crippen LogP contribution in [0.3, 0.4) is 0 Å². The fourth-order valence-electron chi connectivity index (χ4n) is 1.07. The van der Waals surface area contributed by atoms with Crippen molar-refractivity contribution < 1.29 is 13.9 Å². The zero-order valence-electron chi connectivity index (χ0n) is 6.77. The normalized spacial score (nSPS) is 10.3. The molecule has 0 spiro atoms. The van der Waals surface area contributed by atoms with Crippen LogP contribution in [0.15, 0.2) is 12.1 Å². The van der Waals surface area contributed by atoms with Crippen LogP contribution < -0.4 is 0 Å². The summed E-state index contributed by atoms with van der Waals surface area (Å²) < 4.78 is 25.4. The summed E-state index contributed by atoms with van der Waals surface area (Å²) in [6.45, 7) is 1.45.